The largest absolute Gasteiger partial charge is 0.338 e. The van der Waals surface area contributed by atoms with Crippen LogP contribution in [0.2, 0.25) is 0 Å². The van der Waals surface area contributed by atoms with Gasteiger partial charge in [-0.05, 0) is 19.4 Å². The molecule has 1 rings (SSSR count). The summed E-state index contributed by atoms with van der Waals surface area (Å²) in [5.74, 6) is 0. The number of carbonyl (C=O) groups excluding carboxylic acids is 1. The van der Waals surface area contributed by atoms with Crippen LogP contribution in [0.25, 0.3) is 0 Å². The smallest absolute Gasteiger partial charge is 0.314 e. The quantitative estimate of drug-likeness (QED) is 0.197. The SMILES string of the molecule is CCCCCCCCCCCCCCCCCCNC(=O)NCCCN1CCNCC1. The van der Waals surface area contributed by atoms with E-state index in [-0.39, 0.29) is 6.03 Å². The van der Waals surface area contributed by atoms with Gasteiger partial charge in [-0.3, -0.25) is 0 Å². The zero-order valence-electron chi connectivity index (χ0n) is 20.8. The van der Waals surface area contributed by atoms with E-state index in [9.17, 15) is 4.79 Å². The Morgan fingerprint density at radius 3 is 1.55 bits per heavy atom. The molecule has 31 heavy (non-hydrogen) atoms. The van der Waals surface area contributed by atoms with E-state index in [2.05, 4.69) is 27.8 Å². The number of nitrogens with zero attached hydrogens (tertiary/aromatic N) is 1. The van der Waals surface area contributed by atoms with Crippen molar-refractivity contribution in [1.82, 2.24) is 20.9 Å². The third kappa shape index (κ3) is 19.6. The van der Waals surface area contributed by atoms with Crippen LogP contribution < -0.4 is 16.0 Å². The van der Waals surface area contributed by atoms with Crippen LogP contribution in [0.1, 0.15) is 116 Å². The minimum atomic E-state index is 0.00118. The number of unbranched alkanes of at least 4 members (excludes halogenated alkanes) is 15. The van der Waals surface area contributed by atoms with Crippen LogP contribution in [0.5, 0.6) is 0 Å². The van der Waals surface area contributed by atoms with E-state index < -0.39 is 0 Å². The van der Waals surface area contributed by atoms with Crippen molar-refractivity contribution in [2.45, 2.75) is 116 Å². The van der Waals surface area contributed by atoms with Crippen molar-refractivity contribution < 1.29 is 4.79 Å². The second kappa shape index (κ2) is 22.4. The summed E-state index contributed by atoms with van der Waals surface area (Å²) in [6.07, 6.45) is 23.2. The first kappa shape index (κ1) is 28.2. The van der Waals surface area contributed by atoms with Crippen molar-refractivity contribution in [3.05, 3.63) is 0 Å². The Morgan fingerprint density at radius 2 is 1.06 bits per heavy atom. The topological polar surface area (TPSA) is 56.4 Å². The van der Waals surface area contributed by atoms with Gasteiger partial charge in [-0.15, -0.1) is 0 Å². The molecule has 3 N–H and O–H groups in total. The minimum Gasteiger partial charge on any atom is -0.338 e. The third-order valence-corrected chi connectivity index (χ3v) is 6.46. The zero-order chi connectivity index (χ0) is 22.2. The summed E-state index contributed by atoms with van der Waals surface area (Å²) in [6.45, 7) is 9.39. The van der Waals surface area contributed by atoms with Gasteiger partial charge in [0.15, 0.2) is 0 Å². The highest BCUT2D eigenvalue weighted by Crippen LogP contribution is 2.13. The van der Waals surface area contributed by atoms with Crippen molar-refractivity contribution >= 4 is 6.03 Å². The molecule has 0 aromatic carbocycles. The third-order valence-electron chi connectivity index (χ3n) is 6.46. The fraction of sp³-hybridized carbons (Fsp3) is 0.962. The van der Waals surface area contributed by atoms with Crippen molar-refractivity contribution in [1.29, 1.82) is 0 Å². The Bertz CT molecular complexity index is 386. The van der Waals surface area contributed by atoms with Crippen LogP contribution in [0.4, 0.5) is 4.79 Å². The van der Waals surface area contributed by atoms with Crippen LogP contribution in [0.15, 0.2) is 0 Å². The van der Waals surface area contributed by atoms with Gasteiger partial charge < -0.3 is 20.9 Å². The van der Waals surface area contributed by atoms with E-state index in [1.54, 1.807) is 0 Å². The number of nitrogens with one attached hydrogen (secondary N) is 3. The van der Waals surface area contributed by atoms with Gasteiger partial charge in [0.2, 0.25) is 0 Å². The molecule has 0 bridgehead atoms. The normalized spacial score (nSPS) is 14.6. The van der Waals surface area contributed by atoms with Crippen LogP contribution in [0.3, 0.4) is 0 Å². The summed E-state index contributed by atoms with van der Waals surface area (Å²) in [6, 6.07) is 0.00118. The molecule has 5 heteroatoms. The van der Waals surface area contributed by atoms with E-state index in [0.29, 0.717) is 0 Å². The van der Waals surface area contributed by atoms with E-state index in [1.807, 2.05) is 0 Å². The molecular formula is C26H54N4O. The molecule has 0 spiro atoms. The first-order valence-corrected chi connectivity index (χ1v) is 13.8. The predicted molar refractivity (Wildman–Crippen MR) is 135 cm³/mol. The number of piperazine rings is 1. The Balaban J connectivity index is 1.70. The Hall–Kier alpha value is -0.810. The number of urea groups is 1. The van der Waals surface area contributed by atoms with Gasteiger partial charge in [0.05, 0.1) is 0 Å². The molecule has 0 aromatic heterocycles. The highest BCUT2D eigenvalue weighted by Gasteiger charge is 2.08. The lowest BCUT2D eigenvalue weighted by molar-refractivity contribution is 0.230. The maximum absolute atomic E-state index is 11.8. The minimum absolute atomic E-state index is 0.00118. The molecule has 0 aliphatic carbocycles. The highest BCUT2D eigenvalue weighted by molar-refractivity contribution is 5.73. The average molecular weight is 439 g/mol. The van der Waals surface area contributed by atoms with Crippen molar-refractivity contribution in [3.63, 3.8) is 0 Å². The molecule has 2 amide bonds. The molecule has 1 aliphatic rings. The molecule has 1 heterocycles. The maximum Gasteiger partial charge on any atom is 0.314 e. The second-order valence-electron chi connectivity index (χ2n) is 9.43. The summed E-state index contributed by atoms with van der Waals surface area (Å²) in [5, 5.41) is 9.35. The molecule has 5 nitrogen and oxygen atoms in total. The van der Waals surface area contributed by atoms with Crippen molar-refractivity contribution in [3.8, 4) is 0 Å². The Labute approximate surface area is 193 Å². The lowest BCUT2D eigenvalue weighted by Crippen LogP contribution is -2.44. The summed E-state index contributed by atoms with van der Waals surface area (Å²) < 4.78 is 0. The molecule has 0 aromatic rings. The molecular weight excluding hydrogens is 384 g/mol. The molecule has 0 radical (unpaired) electrons. The van der Waals surface area contributed by atoms with Gasteiger partial charge in [0.25, 0.3) is 0 Å². The Morgan fingerprint density at radius 1 is 0.645 bits per heavy atom. The van der Waals surface area contributed by atoms with Crippen LogP contribution >= 0.6 is 0 Å². The zero-order valence-corrected chi connectivity index (χ0v) is 20.8. The molecule has 0 unspecified atom stereocenters. The van der Waals surface area contributed by atoms with Gasteiger partial charge in [0, 0.05) is 39.3 Å². The fourth-order valence-electron chi connectivity index (χ4n) is 4.38. The van der Waals surface area contributed by atoms with Gasteiger partial charge in [-0.2, -0.15) is 0 Å². The van der Waals surface area contributed by atoms with Crippen LogP contribution in [-0.2, 0) is 0 Å². The summed E-state index contributed by atoms with van der Waals surface area (Å²) in [7, 11) is 0. The molecule has 1 fully saturated rings. The van der Waals surface area contributed by atoms with E-state index in [1.165, 1.54) is 96.3 Å². The maximum atomic E-state index is 11.8. The number of amides is 2. The number of hydrogen-bond acceptors (Lipinski definition) is 3. The molecule has 1 saturated heterocycles. The van der Waals surface area contributed by atoms with Crippen molar-refractivity contribution in [2.24, 2.45) is 0 Å². The second-order valence-corrected chi connectivity index (χ2v) is 9.43. The van der Waals surface area contributed by atoms with Gasteiger partial charge in [-0.1, -0.05) is 103 Å². The van der Waals surface area contributed by atoms with Crippen molar-refractivity contribution in [2.75, 3.05) is 45.8 Å². The lowest BCUT2D eigenvalue weighted by Gasteiger charge is -2.27. The molecule has 0 saturated carbocycles. The summed E-state index contributed by atoms with van der Waals surface area (Å²) in [5.41, 5.74) is 0. The van der Waals surface area contributed by atoms with Gasteiger partial charge in [-0.25, -0.2) is 4.79 Å². The average Bonchev–Trinajstić information content (AvgIpc) is 2.79. The number of hydrogen-bond donors (Lipinski definition) is 3. The molecule has 0 atom stereocenters. The number of rotatable bonds is 21. The summed E-state index contributed by atoms with van der Waals surface area (Å²) >= 11 is 0. The fourth-order valence-corrected chi connectivity index (χ4v) is 4.38. The van der Waals surface area contributed by atoms with E-state index in [0.717, 1.165) is 58.7 Å². The monoisotopic (exact) mass is 438 g/mol. The molecule has 1 aliphatic heterocycles. The first-order chi connectivity index (χ1) is 15.3. The van der Waals surface area contributed by atoms with E-state index in [4.69, 9.17) is 0 Å². The highest BCUT2D eigenvalue weighted by atomic mass is 16.2. The standard InChI is InChI=1S/C26H54N4O/c1-2-3-4-5-6-7-8-9-10-11-12-13-14-15-16-17-19-28-26(31)29-20-18-23-30-24-21-27-22-25-30/h27H,2-25H2,1H3,(H2,28,29,31). The van der Waals surface area contributed by atoms with E-state index >= 15 is 0 Å². The first-order valence-electron chi connectivity index (χ1n) is 13.8. The Kier molecular flexibility index (Phi) is 20.4. The number of carbonyl (C=O) groups is 1. The van der Waals surface area contributed by atoms with Crippen LogP contribution in [0, 0.1) is 0 Å². The predicted octanol–water partition coefficient (Wildman–Crippen LogP) is 5.84. The molecule has 184 valence electrons. The summed E-state index contributed by atoms with van der Waals surface area (Å²) in [4.78, 5) is 14.3. The van der Waals surface area contributed by atoms with Gasteiger partial charge in [0.1, 0.15) is 0 Å². The lowest BCUT2D eigenvalue weighted by atomic mass is 10.0. The van der Waals surface area contributed by atoms with Gasteiger partial charge >= 0.3 is 6.03 Å². The van der Waals surface area contributed by atoms with Crippen LogP contribution in [-0.4, -0.2) is 56.7 Å².